The van der Waals surface area contributed by atoms with E-state index in [-0.39, 0.29) is 0 Å². The Bertz CT molecular complexity index is 141. The quantitative estimate of drug-likeness (QED) is 0.376. The van der Waals surface area contributed by atoms with E-state index in [0.29, 0.717) is 16.9 Å². The van der Waals surface area contributed by atoms with Gasteiger partial charge in [0.05, 0.1) is 0 Å². The van der Waals surface area contributed by atoms with E-state index in [2.05, 4.69) is 11.8 Å². The van der Waals surface area contributed by atoms with Crippen LogP contribution in [0.1, 0.15) is 13.3 Å². The van der Waals surface area contributed by atoms with Gasteiger partial charge in [-0.1, -0.05) is 18.8 Å². The molecule has 0 atom stereocenters. The van der Waals surface area contributed by atoms with E-state index in [9.17, 15) is 0 Å². The Labute approximate surface area is 59.3 Å². The smallest absolute Gasteiger partial charge is 0.179 e. The Kier molecular flexibility index (Phi) is 3.09. The molecule has 0 aromatic rings. The number of hydrogen-bond acceptors (Lipinski definition) is 1. The largest absolute Gasteiger partial charge is 0.403 e. The summed E-state index contributed by atoms with van der Waals surface area (Å²) in [5.74, 6) is 4.88. The van der Waals surface area contributed by atoms with Crippen molar-refractivity contribution in [2.75, 3.05) is 0 Å². The number of terminal acetylenes is 2. The zero-order valence-corrected chi connectivity index (χ0v) is 7.77. The highest BCUT2D eigenvalue weighted by molar-refractivity contribution is 5.98. The van der Waals surface area contributed by atoms with E-state index >= 15 is 0 Å². The first-order chi connectivity index (χ1) is 4.24. The summed E-state index contributed by atoms with van der Waals surface area (Å²) in [4.78, 5) is 0. The van der Waals surface area contributed by atoms with Crippen molar-refractivity contribution in [3.8, 4) is 24.7 Å². The lowest BCUT2D eigenvalue weighted by atomic mass is 10.0. The predicted octanol–water partition coefficient (Wildman–Crippen LogP) is -0.301. The molecule has 0 aromatic carbocycles. The van der Waals surface area contributed by atoms with Gasteiger partial charge in [0, 0.05) is 0 Å². The van der Waals surface area contributed by atoms with Crippen molar-refractivity contribution in [3.63, 3.8) is 0 Å². The van der Waals surface area contributed by atoms with Crippen LogP contribution in [0.25, 0.3) is 0 Å². The average Bonchev–Trinajstić information content (AvgIpc) is 1.95. The molecule has 0 amide bonds. The summed E-state index contributed by atoms with van der Waals surface area (Å²) in [6.45, 7) is 1.91. The molecule has 0 saturated heterocycles. The molecule has 48 valence electrons. The summed E-state index contributed by atoms with van der Waals surface area (Å²) in [6.07, 6.45) is 11.0. The molecular formula is C7H10OSi. The normalized spacial score (nSPS) is 10.1. The second-order valence-corrected chi connectivity index (χ2v) is 2.08. The van der Waals surface area contributed by atoms with Crippen LogP contribution >= 0.6 is 0 Å². The minimum atomic E-state index is -0.716. The molecule has 0 heterocycles. The van der Waals surface area contributed by atoms with Gasteiger partial charge in [0.1, 0.15) is 10.5 Å². The van der Waals surface area contributed by atoms with Crippen LogP contribution in [0, 0.1) is 24.7 Å². The van der Waals surface area contributed by atoms with Crippen LogP contribution in [0.3, 0.4) is 0 Å². The van der Waals surface area contributed by atoms with Gasteiger partial charge >= 0.3 is 0 Å². The lowest BCUT2D eigenvalue weighted by molar-refractivity contribution is 0.207. The molecule has 0 rings (SSSR count). The van der Waals surface area contributed by atoms with Crippen molar-refractivity contribution in [2.45, 2.75) is 18.9 Å². The summed E-state index contributed by atoms with van der Waals surface area (Å²) in [6, 6.07) is 0. The minimum absolute atomic E-state index is 0.590. The molecule has 0 aliphatic carbocycles. The summed E-state index contributed by atoms with van der Waals surface area (Å²) >= 11 is 0. The highest BCUT2D eigenvalue weighted by atomic mass is 28.2. The summed E-state index contributed by atoms with van der Waals surface area (Å²) in [5.41, 5.74) is -0.716. The van der Waals surface area contributed by atoms with Gasteiger partial charge in [0.2, 0.25) is 0 Å². The van der Waals surface area contributed by atoms with Gasteiger partial charge in [-0.25, -0.2) is 0 Å². The zero-order valence-electron chi connectivity index (χ0n) is 5.77. The topological polar surface area (TPSA) is 9.23 Å². The Morgan fingerprint density at radius 3 is 2.00 bits per heavy atom. The molecule has 0 aliphatic heterocycles. The summed E-state index contributed by atoms with van der Waals surface area (Å²) in [5, 5.41) is 0. The van der Waals surface area contributed by atoms with Gasteiger partial charge in [0.25, 0.3) is 0 Å². The third-order valence-corrected chi connectivity index (χ3v) is 2.01. The first-order valence-corrected chi connectivity index (χ1v) is 3.57. The Hall–Kier alpha value is -0.703. The van der Waals surface area contributed by atoms with Gasteiger partial charge in [-0.3, -0.25) is 0 Å². The van der Waals surface area contributed by atoms with Crippen LogP contribution < -0.4 is 0 Å². The molecule has 0 radical (unpaired) electrons. The molecule has 0 aromatic heterocycles. The van der Waals surface area contributed by atoms with E-state index in [1.54, 1.807) is 0 Å². The molecule has 0 aliphatic rings. The molecule has 1 nitrogen and oxygen atoms in total. The maximum Gasteiger partial charge on any atom is 0.179 e. The fourth-order valence-corrected chi connectivity index (χ4v) is 1.03. The van der Waals surface area contributed by atoms with Gasteiger partial charge in [-0.05, 0) is 6.42 Å². The SMILES string of the molecule is C#CC(C#C)(CC)O[SiH3]. The number of rotatable bonds is 2. The molecule has 9 heavy (non-hydrogen) atoms. The van der Waals surface area contributed by atoms with E-state index in [1.807, 2.05) is 6.92 Å². The van der Waals surface area contributed by atoms with E-state index in [4.69, 9.17) is 17.3 Å². The van der Waals surface area contributed by atoms with Crippen LogP contribution in [0.15, 0.2) is 0 Å². The van der Waals surface area contributed by atoms with Crippen LogP contribution in [0.5, 0.6) is 0 Å². The van der Waals surface area contributed by atoms with E-state index < -0.39 is 5.60 Å². The highest BCUT2D eigenvalue weighted by Crippen LogP contribution is 2.10. The average molecular weight is 138 g/mol. The third kappa shape index (κ3) is 1.60. The van der Waals surface area contributed by atoms with Crippen molar-refractivity contribution in [1.29, 1.82) is 0 Å². The lowest BCUT2D eigenvalue weighted by Crippen LogP contribution is -2.26. The van der Waals surface area contributed by atoms with Crippen molar-refractivity contribution >= 4 is 10.5 Å². The predicted molar refractivity (Wildman–Crippen MR) is 41.7 cm³/mol. The molecule has 0 unspecified atom stereocenters. The summed E-state index contributed by atoms with van der Waals surface area (Å²) < 4.78 is 5.05. The van der Waals surface area contributed by atoms with Crippen LogP contribution in [0.2, 0.25) is 0 Å². The Morgan fingerprint density at radius 2 is 2.00 bits per heavy atom. The van der Waals surface area contributed by atoms with Crippen molar-refractivity contribution in [2.24, 2.45) is 0 Å². The van der Waals surface area contributed by atoms with Crippen molar-refractivity contribution in [1.82, 2.24) is 0 Å². The van der Waals surface area contributed by atoms with Crippen LogP contribution in [-0.4, -0.2) is 16.1 Å². The van der Waals surface area contributed by atoms with Crippen LogP contribution in [0.4, 0.5) is 0 Å². The highest BCUT2D eigenvalue weighted by Gasteiger charge is 2.19. The minimum Gasteiger partial charge on any atom is -0.403 e. The second kappa shape index (κ2) is 3.35. The first kappa shape index (κ1) is 8.30. The fraction of sp³-hybridized carbons (Fsp3) is 0.429. The van der Waals surface area contributed by atoms with Gasteiger partial charge < -0.3 is 4.43 Å². The van der Waals surface area contributed by atoms with Gasteiger partial charge in [-0.15, -0.1) is 12.8 Å². The maximum atomic E-state index is 5.14. The van der Waals surface area contributed by atoms with Crippen molar-refractivity contribution < 1.29 is 4.43 Å². The molecular weight excluding hydrogens is 128 g/mol. The number of hydrogen-bond donors (Lipinski definition) is 0. The molecule has 0 saturated carbocycles. The van der Waals surface area contributed by atoms with Crippen molar-refractivity contribution in [3.05, 3.63) is 0 Å². The Balaban J connectivity index is 4.28. The van der Waals surface area contributed by atoms with E-state index in [1.165, 1.54) is 0 Å². The van der Waals surface area contributed by atoms with Crippen LogP contribution in [-0.2, 0) is 4.43 Å². The lowest BCUT2D eigenvalue weighted by Gasteiger charge is -2.18. The monoisotopic (exact) mass is 138 g/mol. The van der Waals surface area contributed by atoms with E-state index in [0.717, 1.165) is 0 Å². The molecule has 0 spiro atoms. The molecule has 0 fully saturated rings. The molecule has 0 N–H and O–H groups in total. The molecule has 2 heteroatoms. The first-order valence-electron chi connectivity index (χ1n) is 2.75. The van der Waals surface area contributed by atoms with Gasteiger partial charge in [0.15, 0.2) is 5.60 Å². The zero-order chi connectivity index (χ0) is 7.33. The van der Waals surface area contributed by atoms with Gasteiger partial charge in [-0.2, -0.15) is 0 Å². The second-order valence-electron chi connectivity index (χ2n) is 1.67. The standard InChI is InChI=1S/C7H10OSi/c1-4-7(5-2,6-3)8-9/h1-2H,6H2,3,9H3. The maximum absolute atomic E-state index is 5.14. The fourth-order valence-electron chi connectivity index (χ4n) is 0.508. The molecule has 0 bridgehead atoms. The summed E-state index contributed by atoms with van der Waals surface area (Å²) in [7, 11) is 0.590. The third-order valence-electron chi connectivity index (χ3n) is 1.31. The Morgan fingerprint density at radius 1 is 1.56 bits per heavy atom.